The molecule has 0 fully saturated rings. The van der Waals surface area contributed by atoms with Crippen LogP contribution < -0.4 is 5.73 Å². The van der Waals surface area contributed by atoms with Gasteiger partial charge in [-0.05, 0) is 31.2 Å². The predicted octanol–water partition coefficient (Wildman–Crippen LogP) is 2.39. The van der Waals surface area contributed by atoms with Gasteiger partial charge in [0.15, 0.2) is 5.82 Å². The predicted molar refractivity (Wildman–Crippen MR) is 68.0 cm³/mol. The van der Waals surface area contributed by atoms with Gasteiger partial charge in [-0.25, -0.2) is 0 Å². The Morgan fingerprint density at radius 2 is 2.41 bits per heavy atom. The molecule has 2 N–H and O–H groups in total. The zero-order chi connectivity index (χ0) is 12.1. The summed E-state index contributed by atoms with van der Waals surface area (Å²) < 4.78 is 5.20. The number of nitrogens with two attached hydrogens (primary N) is 1. The van der Waals surface area contributed by atoms with Gasteiger partial charge in [0.25, 0.3) is 0 Å². The number of aromatic nitrogens is 2. The number of hydrogen-bond donors (Lipinski definition) is 1. The van der Waals surface area contributed by atoms with Gasteiger partial charge in [0, 0.05) is 23.8 Å². The smallest absolute Gasteiger partial charge is 0.226 e. The molecule has 0 aliphatic rings. The van der Waals surface area contributed by atoms with Crippen LogP contribution in [0.5, 0.6) is 0 Å². The van der Waals surface area contributed by atoms with Gasteiger partial charge in [-0.2, -0.15) is 4.98 Å². The number of thiophene rings is 1. The van der Waals surface area contributed by atoms with E-state index in [0.29, 0.717) is 0 Å². The van der Waals surface area contributed by atoms with E-state index >= 15 is 0 Å². The van der Waals surface area contributed by atoms with Crippen molar-refractivity contribution in [2.75, 3.05) is 0 Å². The fourth-order valence-electron chi connectivity index (χ4n) is 1.61. The third-order valence-corrected chi connectivity index (χ3v) is 3.35. The molecule has 0 saturated heterocycles. The Hall–Kier alpha value is -1.20. The van der Waals surface area contributed by atoms with Crippen molar-refractivity contribution in [3.63, 3.8) is 0 Å². The fourth-order valence-corrected chi connectivity index (χ4v) is 2.31. The molecule has 5 heteroatoms. The minimum absolute atomic E-state index is 0.239. The summed E-state index contributed by atoms with van der Waals surface area (Å²) in [6.45, 7) is 2.01. The summed E-state index contributed by atoms with van der Waals surface area (Å²) in [5.74, 6) is 1.49. The number of nitrogens with zero attached hydrogens (tertiary/aromatic N) is 2. The highest BCUT2D eigenvalue weighted by Crippen LogP contribution is 2.13. The van der Waals surface area contributed by atoms with E-state index in [9.17, 15) is 0 Å². The zero-order valence-corrected chi connectivity index (χ0v) is 10.7. The molecule has 1 atom stereocenters. The summed E-state index contributed by atoms with van der Waals surface area (Å²) in [7, 11) is 0. The SMILES string of the molecule is CC(N)CCCc1nc(Cc2cccs2)no1. The highest BCUT2D eigenvalue weighted by atomic mass is 32.1. The maximum Gasteiger partial charge on any atom is 0.226 e. The maximum atomic E-state index is 5.69. The second-order valence-electron chi connectivity index (χ2n) is 4.23. The molecule has 92 valence electrons. The lowest BCUT2D eigenvalue weighted by molar-refractivity contribution is 0.368. The van der Waals surface area contributed by atoms with Gasteiger partial charge < -0.3 is 10.3 Å². The lowest BCUT2D eigenvalue weighted by Gasteiger charge is -2.00. The van der Waals surface area contributed by atoms with Crippen LogP contribution in [0.4, 0.5) is 0 Å². The second-order valence-corrected chi connectivity index (χ2v) is 5.26. The van der Waals surface area contributed by atoms with Crippen LogP contribution in [0.2, 0.25) is 0 Å². The van der Waals surface area contributed by atoms with E-state index in [4.69, 9.17) is 10.3 Å². The number of hydrogen-bond acceptors (Lipinski definition) is 5. The molecular weight excluding hydrogens is 234 g/mol. The first-order valence-electron chi connectivity index (χ1n) is 5.83. The molecule has 0 bridgehead atoms. The minimum atomic E-state index is 0.239. The van der Waals surface area contributed by atoms with Gasteiger partial charge in [0.05, 0.1) is 0 Å². The molecule has 0 spiro atoms. The Morgan fingerprint density at radius 1 is 1.53 bits per heavy atom. The average Bonchev–Trinajstić information content (AvgIpc) is 2.90. The summed E-state index contributed by atoms with van der Waals surface area (Å²) in [5, 5.41) is 6.03. The highest BCUT2D eigenvalue weighted by molar-refractivity contribution is 7.09. The third kappa shape index (κ3) is 3.94. The molecule has 1 unspecified atom stereocenters. The fraction of sp³-hybridized carbons (Fsp3) is 0.500. The Labute approximate surface area is 105 Å². The van der Waals surface area contributed by atoms with Crippen LogP contribution in [0.3, 0.4) is 0 Å². The first kappa shape index (κ1) is 12.3. The Balaban J connectivity index is 1.83. The topological polar surface area (TPSA) is 64.9 Å². The van der Waals surface area contributed by atoms with E-state index in [2.05, 4.69) is 21.6 Å². The van der Waals surface area contributed by atoms with Crippen molar-refractivity contribution < 1.29 is 4.52 Å². The molecule has 0 aliphatic heterocycles. The molecule has 0 amide bonds. The summed E-state index contributed by atoms with van der Waals surface area (Å²) >= 11 is 1.71. The van der Waals surface area contributed by atoms with Gasteiger partial charge in [-0.3, -0.25) is 0 Å². The van der Waals surface area contributed by atoms with Crippen molar-refractivity contribution in [2.24, 2.45) is 5.73 Å². The molecule has 2 aromatic heterocycles. The Bertz CT molecular complexity index is 436. The molecular formula is C12H17N3OS. The first-order chi connectivity index (χ1) is 8.24. The van der Waals surface area contributed by atoms with Crippen LogP contribution in [-0.4, -0.2) is 16.2 Å². The minimum Gasteiger partial charge on any atom is -0.339 e. The second kappa shape index (κ2) is 5.93. The molecule has 0 radical (unpaired) electrons. The van der Waals surface area contributed by atoms with Crippen molar-refractivity contribution in [1.29, 1.82) is 0 Å². The monoisotopic (exact) mass is 251 g/mol. The van der Waals surface area contributed by atoms with E-state index in [1.165, 1.54) is 4.88 Å². The van der Waals surface area contributed by atoms with Crippen LogP contribution in [0, 0.1) is 0 Å². The molecule has 2 heterocycles. The largest absolute Gasteiger partial charge is 0.339 e. The van der Waals surface area contributed by atoms with Crippen LogP contribution in [0.1, 0.15) is 36.4 Å². The molecule has 2 rings (SSSR count). The highest BCUT2D eigenvalue weighted by Gasteiger charge is 2.07. The van der Waals surface area contributed by atoms with E-state index < -0.39 is 0 Å². The van der Waals surface area contributed by atoms with Crippen LogP contribution in [-0.2, 0) is 12.8 Å². The lowest BCUT2D eigenvalue weighted by Crippen LogP contribution is -2.14. The molecule has 4 nitrogen and oxygen atoms in total. The molecule has 17 heavy (non-hydrogen) atoms. The Morgan fingerprint density at radius 3 is 3.12 bits per heavy atom. The van der Waals surface area contributed by atoms with Crippen LogP contribution >= 0.6 is 11.3 Å². The average molecular weight is 251 g/mol. The van der Waals surface area contributed by atoms with Gasteiger partial charge in [0.1, 0.15) is 0 Å². The normalized spacial score (nSPS) is 12.8. The molecule has 0 saturated carbocycles. The quantitative estimate of drug-likeness (QED) is 0.856. The van der Waals surface area contributed by atoms with E-state index in [1.807, 2.05) is 13.0 Å². The van der Waals surface area contributed by atoms with Crippen molar-refractivity contribution in [1.82, 2.24) is 10.1 Å². The van der Waals surface area contributed by atoms with Gasteiger partial charge in [-0.15, -0.1) is 11.3 Å². The summed E-state index contributed by atoms with van der Waals surface area (Å²) in [6, 6.07) is 4.35. The summed E-state index contributed by atoms with van der Waals surface area (Å²) in [5.41, 5.74) is 5.69. The van der Waals surface area contributed by atoms with Crippen molar-refractivity contribution in [2.45, 2.75) is 38.6 Å². The number of rotatable bonds is 6. The Kier molecular flexibility index (Phi) is 4.28. The number of aryl methyl sites for hydroxylation is 1. The molecule has 0 aliphatic carbocycles. The van der Waals surface area contributed by atoms with Gasteiger partial charge in [0.2, 0.25) is 5.89 Å². The van der Waals surface area contributed by atoms with E-state index in [0.717, 1.165) is 37.4 Å². The third-order valence-electron chi connectivity index (χ3n) is 2.47. The zero-order valence-electron chi connectivity index (χ0n) is 9.93. The summed E-state index contributed by atoms with van der Waals surface area (Å²) in [6.07, 6.45) is 3.56. The standard InChI is InChI=1S/C12H17N3OS/c1-9(13)4-2-6-12-14-11(15-16-12)8-10-5-3-7-17-10/h3,5,7,9H,2,4,6,8,13H2,1H3. The van der Waals surface area contributed by atoms with Crippen molar-refractivity contribution in [3.05, 3.63) is 34.1 Å². The van der Waals surface area contributed by atoms with Crippen LogP contribution in [0.15, 0.2) is 22.0 Å². The van der Waals surface area contributed by atoms with Gasteiger partial charge in [-0.1, -0.05) is 11.2 Å². The van der Waals surface area contributed by atoms with Crippen LogP contribution in [0.25, 0.3) is 0 Å². The first-order valence-corrected chi connectivity index (χ1v) is 6.71. The van der Waals surface area contributed by atoms with Crippen molar-refractivity contribution >= 4 is 11.3 Å². The maximum absolute atomic E-state index is 5.69. The van der Waals surface area contributed by atoms with E-state index in [-0.39, 0.29) is 6.04 Å². The molecule has 0 aromatic carbocycles. The molecule has 2 aromatic rings. The van der Waals surface area contributed by atoms with Gasteiger partial charge >= 0.3 is 0 Å². The lowest BCUT2D eigenvalue weighted by atomic mass is 10.1. The van der Waals surface area contributed by atoms with E-state index in [1.54, 1.807) is 11.3 Å². The van der Waals surface area contributed by atoms with Crippen molar-refractivity contribution in [3.8, 4) is 0 Å². The summed E-state index contributed by atoms with van der Waals surface area (Å²) in [4.78, 5) is 5.63.